The standard InChI is InChI=1S/C14H6N2O6/c17-13-9-3-1-7(15(19)20)5-11(9)14(18)12-6-8(16(21)22)2-4-10(12)13/h1-6H. The van der Waals surface area contributed by atoms with Gasteiger partial charge in [0.05, 0.1) is 9.85 Å². The van der Waals surface area contributed by atoms with Gasteiger partial charge in [0.25, 0.3) is 11.4 Å². The minimum absolute atomic E-state index is 0.0527. The SMILES string of the molecule is O=C1c2ccc([N+](=O)[O-])cc2C(=O)c2cc([N+](=O)[O-])ccc21. The molecule has 0 bridgehead atoms. The largest absolute Gasteiger partial charge is 0.289 e. The number of benzene rings is 2. The molecule has 0 spiro atoms. The molecule has 2 aromatic rings. The number of fused-ring (bicyclic) bond motifs is 2. The van der Waals surface area contributed by atoms with E-state index < -0.39 is 21.4 Å². The maximum absolute atomic E-state index is 12.4. The molecule has 0 saturated carbocycles. The van der Waals surface area contributed by atoms with E-state index in [-0.39, 0.29) is 33.6 Å². The van der Waals surface area contributed by atoms with E-state index in [1.165, 1.54) is 12.1 Å². The van der Waals surface area contributed by atoms with Gasteiger partial charge in [-0.05, 0) is 12.1 Å². The fraction of sp³-hybridized carbons (Fsp3) is 0. The van der Waals surface area contributed by atoms with Crippen molar-refractivity contribution < 1.29 is 19.4 Å². The maximum Gasteiger partial charge on any atom is 0.270 e. The van der Waals surface area contributed by atoms with E-state index >= 15 is 0 Å². The van der Waals surface area contributed by atoms with Crippen LogP contribution in [-0.2, 0) is 0 Å². The van der Waals surface area contributed by atoms with Crippen LogP contribution in [0.4, 0.5) is 11.4 Å². The van der Waals surface area contributed by atoms with Crippen LogP contribution in [0, 0.1) is 20.2 Å². The Morgan fingerprint density at radius 2 is 1.00 bits per heavy atom. The summed E-state index contributed by atoms with van der Waals surface area (Å²) in [5.74, 6) is -1.13. The predicted molar refractivity (Wildman–Crippen MR) is 73.1 cm³/mol. The van der Waals surface area contributed by atoms with Crippen LogP contribution in [0.25, 0.3) is 0 Å². The molecule has 0 radical (unpaired) electrons. The number of hydrogen-bond donors (Lipinski definition) is 0. The molecule has 0 aliphatic heterocycles. The number of nitrogens with zero attached hydrogens (tertiary/aromatic N) is 2. The highest BCUT2D eigenvalue weighted by atomic mass is 16.6. The monoisotopic (exact) mass is 298 g/mol. The van der Waals surface area contributed by atoms with Gasteiger partial charge in [0, 0.05) is 46.5 Å². The third-order valence-corrected chi connectivity index (χ3v) is 3.41. The van der Waals surface area contributed by atoms with Crippen LogP contribution in [0.1, 0.15) is 31.8 Å². The Balaban J connectivity index is 2.23. The molecule has 0 fully saturated rings. The van der Waals surface area contributed by atoms with E-state index in [4.69, 9.17) is 0 Å². The summed E-state index contributed by atoms with van der Waals surface area (Å²) in [6.45, 7) is 0. The molecular formula is C14H6N2O6. The summed E-state index contributed by atoms with van der Waals surface area (Å²) in [6.07, 6.45) is 0. The van der Waals surface area contributed by atoms with Gasteiger partial charge in [-0.3, -0.25) is 29.8 Å². The Morgan fingerprint density at radius 1 is 0.636 bits per heavy atom. The van der Waals surface area contributed by atoms with Crippen molar-refractivity contribution in [2.24, 2.45) is 0 Å². The highest BCUT2D eigenvalue weighted by molar-refractivity contribution is 6.28. The topological polar surface area (TPSA) is 120 Å². The third kappa shape index (κ3) is 1.85. The summed E-state index contributed by atoms with van der Waals surface area (Å²) >= 11 is 0. The summed E-state index contributed by atoms with van der Waals surface area (Å²) in [5.41, 5.74) is -0.782. The molecule has 0 heterocycles. The fourth-order valence-corrected chi connectivity index (χ4v) is 2.35. The minimum Gasteiger partial charge on any atom is -0.289 e. The molecule has 1 aliphatic rings. The van der Waals surface area contributed by atoms with Crippen molar-refractivity contribution in [3.05, 3.63) is 78.9 Å². The van der Waals surface area contributed by atoms with Crippen LogP contribution in [0.2, 0.25) is 0 Å². The summed E-state index contributed by atoms with van der Waals surface area (Å²) in [4.78, 5) is 44.9. The first-order valence-electron chi connectivity index (χ1n) is 6.06. The van der Waals surface area contributed by atoms with Crippen molar-refractivity contribution in [2.45, 2.75) is 0 Å². The van der Waals surface area contributed by atoms with Gasteiger partial charge in [-0.25, -0.2) is 0 Å². The molecule has 2 aromatic carbocycles. The molecule has 1 aliphatic carbocycles. The molecule has 8 nitrogen and oxygen atoms in total. The first-order chi connectivity index (χ1) is 10.4. The highest BCUT2D eigenvalue weighted by Gasteiger charge is 2.32. The Bertz CT molecular complexity index is 817. The number of non-ortho nitro benzene ring substituents is 2. The second-order valence-corrected chi connectivity index (χ2v) is 4.63. The van der Waals surface area contributed by atoms with Crippen molar-refractivity contribution in [1.82, 2.24) is 0 Å². The predicted octanol–water partition coefficient (Wildman–Crippen LogP) is 2.28. The minimum atomic E-state index is -0.680. The average Bonchev–Trinajstić information content (AvgIpc) is 2.51. The van der Waals surface area contributed by atoms with Gasteiger partial charge < -0.3 is 0 Å². The quantitative estimate of drug-likeness (QED) is 0.528. The average molecular weight is 298 g/mol. The zero-order valence-electron chi connectivity index (χ0n) is 10.8. The van der Waals surface area contributed by atoms with E-state index in [0.717, 1.165) is 24.3 Å². The summed E-state index contributed by atoms with van der Waals surface area (Å²) in [6, 6.07) is 6.74. The first-order valence-corrected chi connectivity index (χ1v) is 6.06. The number of rotatable bonds is 2. The van der Waals surface area contributed by atoms with Crippen molar-refractivity contribution >= 4 is 22.9 Å². The molecule has 22 heavy (non-hydrogen) atoms. The number of carbonyl (C=O) groups excluding carboxylic acids is 2. The maximum atomic E-state index is 12.4. The zero-order chi connectivity index (χ0) is 16.0. The van der Waals surface area contributed by atoms with Crippen LogP contribution in [0.5, 0.6) is 0 Å². The number of hydrogen-bond acceptors (Lipinski definition) is 6. The van der Waals surface area contributed by atoms with Gasteiger partial charge >= 0.3 is 0 Å². The van der Waals surface area contributed by atoms with Crippen LogP contribution in [0.15, 0.2) is 36.4 Å². The van der Waals surface area contributed by atoms with Crippen LogP contribution in [-0.4, -0.2) is 21.4 Å². The van der Waals surface area contributed by atoms with Crippen LogP contribution < -0.4 is 0 Å². The molecule has 108 valence electrons. The zero-order valence-corrected chi connectivity index (χ0v) is 10.8. The molecule has 0 aromatic heterocycles. The van der Waals surface area contributed by atoms with Crippen molar-refractivity contribution in [3.63, 3.8) is 0 Å². The lowest BCUT2D eigenvalue weighted by Crippen LogP contribution is -2.21. The van der Waals surface area contributed by atoms with Gasteiger partial charge in [0.2, 0.25) is 0 Å². The molecule has 0 amide bonds. The van der Waals surface area contributed by atoms with E-state index in [0.29, 0.717) is 0 Å². The first kappa shape index (κ1) is 13.6. The highest BCUT2D eigenvalue weighted by Crippen LogP contribution is 2.31. The van der Waals surface area contributed by atoms with Gasteiger partial charge in [0.1, 0.15) is 0 Å². The molecule has 8 heteroatoms. The molecule has 0 atom stereocenters. The van der Waals surface area contributed by atoms with Crippen molar-refractivity contribution in [2.75, 3.05) is 0 Å². The lowest BCUT2D eigenvalue weighted by Gasteiger charge is -2.16. The normalized spacial score (nSPS) is 12.5. The lowest BCUT2D eigenvalue weighted by molar-refractivity contribution is -0.385. The van der Waals surface area contributed by atoms with Gasteiger partial charge in [-0.15, -0.1) is 0 Å². The molecule has 0 N–H and O–H groups in total. The Hall–Kier alpha value is -3.42. The van der Waals surface area contributed by atoms with Crippen molar-refractivity contribution in [3.8, 4) is 0 Å². The van der Waals surface area contributed by atoms with Gasteiger partial charge in [-0.1, -0.05) is 0 Å². The van der Waals surface area contributed by atoms with Crippen molar-refractivity contribution in [1.29, 1.82) is 0 Å². The van der Waals surface area contributed by atoms with E-state index in [1.807, 2.05) is 0 Å². The van der Waals surface area contributed by atoms with E-state index in [9.17, 15) is 29.8 Å². The van der Waals surface area contributed by atoms with E-state index in [1.54, 1.807) is 0 Å². The Kier molecular flexibility index (Phi) is 2.81. The number of nitro groups is 2. The fourth-order valence-electron chi connectivity index (χ4n) is 2.35. The van der Waals surface area contributed by atoms with E-state index in [2.05, 4.69) is 0 Å². The number of carbonyl (C=O) groups is 2. The number of nitro benzene ring substituents is 2. The third-order valence-electron chi connectivity index (χ3n) is 3.41. The molecule has 3 rings (SSSR count). The molecule has 0 saturated heterocycles. The lowest BCUT2D eigenvalue weighted by atomic mass is 9.83. The second-order valence-electron chi connectivity index (χ2n) is 4.63. The van der Waals surface area contributed by atoms with Crippen LogP contribution in [0.3, 0.4) is 0 Å². The second kappa shape index (κ2) is 4.55. The van der Waals surface area contributed by atoms with Crippen LogP contribution >= 0.6 is 0 Å². The molecule has 0 unspecified atom stereocenters. The Morgan fingerprint density at radius 3 is 1.36 bits per heavy atom. The summed E-state index contributed by atoms with van der Waals surface area (Å²) in [5, 5.41) is 21.6. The summed E-state index contributed by atoms with van der Waals surface area (Å²) < 4.78 is 0. The smallest absolute Gasteiger partial charge is 0.270 e. The Labute approximate surface area is 122 Å². The van der Waals surface area contributed by atoms with Gasteiger partial charge in [0.15, 0.2) is 11.6 Å². The molecular weight excluding hydrogens is 292 g/mol. The summed E-state index contributed by atoms with van der Waals surface area (Å²) in [7, 11) is 0. The van der Waals surface area contributed by atoms with Gasteiger partial charge in [-0.2, -0.15) is 0 Å². The number of ketones is 2.